The molecule has 1 aliphatic carbocycles. The van der Waals surface area contributed by atoms with E-state index in [-0.39, 0.29) is 0 Å². The van der Waals surface area contributed by atoms with Gasteiger partial charge in [-0.15, -0.1) is 5.10 Å². The fourth-order valence-electron chi connectivity index (χ4n) is 2.44. The molecule has 0 unspecified atom stereocenters. The lowest BCUT2D eigenvalue weighted by atomic mass is 9.92. The van der Waals surface area contributed by atoms with E-state index in [4.69, 9.17) is 5.73 Å². The maximum Gasteiger partial charge on any atom is 0.148 e. The van der Waals surface area contributed by atoms with Gasteiger partial charge < -0.3 is 11.1 Å². The summed E-state index contributed by atoms with van der Waals surface area (Å²) < 4.78 is 0. The van der Waals surface area contributed by atoms with Crippen LogP contribution >= 0.6 is 0 Å². The summed E-state index contributed by atoms with van der Waals surface area (Å²) in [7, 11) is 0. The Hall–Kier alpha value is -1.16. The van der Waals surface area contributed by atoms with Crippen LogP contribution in [0.5, 0.6) is 0 Å². The van der Waals surface area contributed by atoms with Crippen LogP contribution in [0.1, 0.15) is 45.2 Å². The van der Waals surface area contributed by atoms with Gasteiger partial charge in [0.15, 0.2) is 0 Å². The van der Waals surface area contributed by atoms with Crippen LogP contribution in [0.4, 0.5) is 5.82 Å². The number of nitrogens with one attached hydrogen (secondary N) is 1. The second-order valence-corrected chi connectivity index (χ2v) is 5.76. The predicted octanol–water partition coefficient (Wildman–Crippen LogP) is 2.36. The first-order valence-electron chi connectivity index (χ1n) is 6.98. The first-order chi connectivity index (χ1) is 8.63. The highest BCUT2D eigenvalue weighted by Crippen LogP contribution is 2.20. The van der Waals surface area contributed by atoms with Crippen LogP contribution in [0.2, 0.25) is 0 Å². The van der Waals surface area contributed by atoms with E-state index in [1.807, 2.05) is 6.07 Å². The Morgan fingerprint density at radius 1 is 1.22 bits per heavy atom. The van der Waals surface area contributed by atoms with Crippen molar-refractivity contribution in [2.24, 2.45) is 11.7 Å². The summed E-state index contributed by atoms with van der Waals surface area (Å²) in [4.78, 5) is 0. The highest BCUT2D eigenvalue weighted by atomic mass is 15.2. The summed E-state index contributed by atoms with van der Waals surface area (Å²) in [6.07, 6.45) is 5.48. The summed E-state index contributed by atoms with van der Waals surface area (Å²) in [5.74, 6) is 1.51. The van der Waals surface area contributed by atoms with Crippen LogP contribution in [0.3, 0.4) is 0 Å². The first kappa shape index (κ1) is 13.3. The lowest BCUT2D eigenvalue weighted by Crippen LogP contribution is -2.33. The molecule has 0 bridgehead atoms. The minimum absolute atomic E-state index is 0.391. The molecule has 100 valence electrons. The highest BCUT2D eigenvalue weighted by molar-refractivity contribution is 5.34. The van der Waals surface area contributed by atoms with Crippen LogP contribution < -0.4 is 11.1 Å². The standard InChI is InChI=1S/C14H24N4/c1-10(2)9-13-7-8-14(18-17-13)16-12-5-3-11(15)4-6-12/h7-8,10-12H,3-6,9,15H2,1-2H3,(H,16,18). The molecular weight excluding hydrogens is 224 g/mol. The average molecular weight is 248 g/mol. The quantitative estimate of drug-likeness (QED) is 0.858. The van der Waals surface area contributed by atoms with E-state index >= 15 is 0 Å². The summed E-state index contributed by atoms with van der Waals surface area (Å²) in [6.45, 7) is 4.39. The van der Waals surface area contributed by atoms with Crippen molar-refractivity contribution in [3.8, 4) is 0 Å². The third kappa shape index (κ3) is 3.95. The minimum Gasteiger partial charge on any atom is -0.366 e. The SMILES string of the molecule is CC(C)Cc1ccc(NC2CCC(N)CC2)nn1. The molecule has 0 amide bonds. The molecule has 2 rings (SSSR count). The molecule has 4 heteroatoms. The van der Waals surface area contributed by atoms with E-state index in [9.17, 15) is 0 Å². The number of nitrogens with two attached hydrogens (primary N) is 1. The molecular formula is C14H24N4. The highest BCUT2D eigenvalue weighted by Gasteiger charge is 2.18. The Labute approximate surface area is 109 Å². The van der Waals surface area contributed by atoms with Crippen molar-refractivity contribution in [1.82, 2.24) is 10.2 Å². The smallest absolute Gasteiger partial charge is 0.148 e. The van der Waals surface area contributed by atoms with Crippen molar-refractivity contribution < 1.29 is 0 Å². The molecule has 0 spiro atoms. The van der Waals surface area contributed by atoms with Crippen molar-refractivity contribution in [2.45, 2.75) is 58.0 Å². The van der Waals surface area contributed by atoms with Gasteiger partial charge in [0.2, 0.25) is 0 Å². The van der Waals surface area contributed by atoms with E-state index in [1.165, 1.54) is 0 Å². The zero-order valence-corrected chi connectivity index (χ0v) is 11.4. The number of aromatic nitrogens is 2. The summed E-state index contributed by atoms with van der Waals surface area (Å²) in [6, 6.07) is 5.01. The molecule has 0 aromatic carbocycles. The minimum atomic E-state index is 0.391. The number of anilines is 1. The largest absolute Gasteiger partial charge is 0.366 e. The number of nitrogens with zero attached hydrogens (tertiary/aromatic N) is 2. The van der Waals surface area contributed by atoms with Gasteiger partial charge in [0, 0.05) is 12.1 Å². The molecule has 1 aliphatic rings. The molecule has 3 N–H and O–H groups in total. The molecule has 18 heavy (non-hydrogen) atoms. The van der Waals surface area contributed by atoms with Gasteiger partial charge in [-0.05, 0) is 50.2 Å². The average Bonchev–Trinajstić information content (AvgIpc) is 2.34. The van der Waals surface area contributed by atoms with Gasteiger partial charge in [-0.25, -0.2) is 0 Å². The van der Waals surface area contributed by atoms with Crippen LogP contribution in [-0.4, -0.2) is 22.3 Å². The Kier molecular flexibility index (Phi) is 4.53. The van der Waals surface area contributed by atoms with Crippen LogP contribution in [0.15, 0.2) is 12.1 Å². The van der Waals surface area contributed by atoms with Crippen LogP contribution in [0, 0.1) is 5.92 Å². The second kappa shape index (κ2) is 6.14. The fourth-order valence-corrected chi connectivity index (χ4v) is 2.44. The van der Waals surface area contributed by atoms with Gasteiger partial charge in [0.25, 0.3) is 0 Å². The molecule has 1 aromatic rings. The molecule has 1 heterocycles. The van der Waals surface area contributed by atoms with Gasteiger partial charge in [-0.3, -0.25) is 0 Å². The third-order valence-corrected chi connectivity index (χ3v) is 3.46. The molecule has 0 saturated heterocycles. The number of rotatable bonds is 4. The van der Waals surface area contributed by atoms with Gasteiger partial charge in [-0.2, -0.15) is 5.10 Å². The zero-order valence-electron chi connectivity index (χ0n) is 11.4. The van der Waals surface area contributed by atoms with Gasteiger partial charge in [-0.1, -0.05) is 13.8 Å². The monoisotopic (exact) mass is 248 g/mol. The molecule has 4 nitrogen and oxygen atoms in total. The van der Waals surface area contributed by atoms with Crippen molar-refractivity contribution >= 4 is 5.82 Å². The normalized spacial score (nSPS) is 24.2. The number of hydrogen-bond acceptors (Lipinski definition) is 4. The first-order valence-corrected chi connectivity index (χ1v) is 6.98. The predicted molar refractivity (Wildman–Crippen MR) is 74.4 cm³/mol. The van der Waals surface area contributed by atoms with E-state index in [0.29, 0.717) is 18.0 Å². The molecule has 1 fully saturated rings. The Morgan fingerprint density at radius 3 is 2.50 bits per heavy atom. The molecule has 0 radical (unpaired) electrons. The topological polar surface area (TPSA) is 63.8 Å². The van der Waals surface area contributed by atoms with E-state index in [0.717, 1.165) is 43.6 Å². The van der Waals surface area contributed by atoms with Crippen molar-refractivity contribution in [1.29, 1.82) is 0 Å². The molecule has 0 atom stereocenters. The summed E-state index contributed by atoms with van der Waals surface area (Å²) in [5, 5.41) is 12.0. The molecule has 1 aromatic heterocycles. The van der Waals surface area contributed by atoms with E-state index < -0.39 is 0 Å². The molecule has 1 saturated carbocycles. The van der Waals surface area contributed by atoms with Crippen molar-refractivity contribution in [3.05, 3.63) is 17.8 Å². The Morgan fingerprint density at radius 2 is 1.94 bits per heavy atom. The van der Waals surface area contributed by atoms with Crippen LogP contribution in [0.25, 0.3) is 0 Å². The fraction of sp³-hybridized carbons (Fsp3) is 0.714. The Balaban J connectivity index is 1.86. The number of hydrogen-bond donors (Lipinski definition) is 2. The lowest BCUT2D eigenvalue weighted by molar-refractivity contribution is 0.410. The zero-order chi connectivity index (χ0) is 13.0. The molecule has 0 aliphatic heterocycles. The van der Waals surface area contributed by atoms with E-state index in [1.54, 1.807) is 0 Å². The van der Waals surface area contributed by atoms with Gasteiger partial charge >= 0.3 is 0 Å². The third-order valence-electron chi connectivity index (χ3n) is 3.46. The van der Waals surface area contributed by atoms with Crippen LogP contribution in [-0.2, 0) is 6.42 Å². The van der Waals surface area contributed by atoms with Gasteiger partial charge in [0.05, 0.1) is 5.69 Å². The maximum atomic E-state index is 5.90. The Bertz CT molecular complexity index is 353. The summed E-state index contributed by atoms with van der Waals surface area (Å²) >= 11 is 0. The van der Waals surface area contributed by atoms with Gasteiger partial charge in [0.1, 0.15) is 5.82 Å². The second-order valence-electron chi connectivity index (χ2n) is 5.76. The lowest BCUT2D eigenvalue weighted by Gasteiger charge is -2.27. The maximum absolute atomic E-state index is 5.90. The van der Waals surface area contributed by atoms with Crippen molar-refractivity contribution in [2.75, 3.05) is 5.32 Å². The van der Waals surface area contributed by atoms with E-state index in [2.05, 4.69) is 35.4 Å². The van der Waals surface area contributed by atoms with Crippen molar-refractivity contribution in [3.63, 3.8) is 0 Å². The summed E-state index contributed by atoms with van der Waals surface area (Å²) in [5.41, 5.74) is 6.97.